The number of nitrogens with one attached hydrogen (secondary N) is 1. The molecule has 0 bridgehead atoms. The van der Waals surface area contributed by atoms with Gasteiger partial charge in [0.05, 0.1) is 20.8 Å². The zero-order valence-electron chi connectivity index (χ0n) is 16.4. The SMILES string of the molecule is COc1ccc(CCN(Cc2cccs2)C(=O)Nc2ccc(Br)cc2)cc1OC. The van der Waals surface area contributed by atoms with Crippen LogP contribution < -0.4 is 14.8 Å². The summed E-state index contributed by atoms with van der Waals surface area (Å²) in [4.78, 5) is 15.9. The molecule has 0 aliphatic heterocycles. The third-order valence-corrected chi connectivity index (χ3v) is 5.82. The number of carbonyl (C=O) groups excluding carboxylic acids is 1. The van der Waals surface area contributed by atoms with Gasteiger partial charge in [0.25, 0.3) is 0 Å². The number of amides is 2. The maximum atomic E-state index is 12.9. The van der Waals surface area contributed by atoms with Crippen molar-refractivity contribution in [3.63, 3.8) is 0 Å². The molecule has 0 saturated carbocycles. The van der Waals surface area contributed by atoms with Gasteiger partial charge >= 0.3 is 6.03 Å². The molecule has 0 aliphatic rings. The van der Waals surface area contributed by atoms with Crippen LogP contribution in [-0.2, 0) is 13.0 Å². The van der Waals surface area contributed by atoms with E-state index in [-0.39, 0.29) is 6.03 Å². The number of urea groups is 1. The number of hydrogen-bond acceptors (Lipinski definition) is 4. The van der Waals surface area contributed by atoms with Gasteiger partial charge in [0.1, 0.15) is 0 Å². The molecule has 29 heavy (non-hydrogen) atoms. The van der Waals surface area contributed by atoms with Gasteiger partial charge in [0.2, 0.25) is 0 Å². The van der Waals surface area contributed by atoms with E-state index in [1.165, 1.54) is 0 Å². The zero-order chi connectivity index (χ0) is 20.6. The summed E-state index contributed by atoms with van der Waals surface area (Å²) < 4.78 is 11.7. The Balaban J connectivity index is 1.71. The van der Waals surface area contributed by atoms with E-state index in [0.717, 1.165) is 20.6 Å². The number of carbonyl (C=O) groups is 1. The Bertz CT molecular complexity index is 930. The summed E-state index contributed by atoms with van der Waals surface area (Å²) >= 11 is 5.06. The summed E-state index contributed by atoms with van der Waals surface area (Å²) in [6.45, 7) is 1.14. The maximum Gasteiger partial charge on any atom is 0.322 e. The monoisotopic (exact) mass is 474 g/mol. The van der Waals surface area contributed by atoms with Gasteiger partial charge in [-0.25, -0.2) is 4.79 Å². The maximum absolute atomic E-state index is 12.9. The second-order valence-electron chi connectivity index (χ2n) is 6.38. The summed E-state index contributed by atoms with van der Waals surface area (Å²) in [6.07, 6.45) is 0.708. The second kappa shape index (κ2) is 10.3. The van der Waals surface area contributed by atoms with Crippen LogP contribution >= 0.6 is 27.3 Å². The number of nitrogens with zero attached hydrogens (tertiary/aromatic N) is 1. The average molecular weight is 475 g/mol. The van der Waals surface area contributed by atoms with Crippen molar-refractivity contribution in [2.24, 2.45) is 0 Å². The number of rotatable bonds is 8. The molecule has 7 heteroatoms. The lowest BCUT2D eigenvalue weighted by Crippen LogP contribution is -2.35. The van der Waals surface area contributed by atoms with Crippen LogP contribution in [0.4, 0.5) is 10.5 Å². The van der Waals surface area contributed by atoms with Crippen LogP contribution in [0.2, 0.25) is 0 Å². The summed E-state index contributed by atoms with van der Waals surface area (Å²) in [5.41, 5.74) is 1.84. The summed E-state index contributed by atoms with van der Waals surface area (Å²) in [5.74, 6) is 1.38. The van der Waals surface area contributed by atoms with Crippen molar-refractivity contribution in [1.82, 2.24) is 4.90 Å². The smallest absolute Gasteiger partial charge is 0.322 e. The third kappa shape index (κ3) is 5.98. The van der Waals surface area contributed by atoms with Gasteiger partial charge in [0.15, 0.2) is 11.5 Å². The second-order valence-corrected chi connectivity index (χ2v) is 8.33. The number of benzene rings is 2. The molecule has 0 unspecified atom stereocenters. The van der Waals surface area contributed by atoms with E-state index in [2.05, 4.69) is 21.2 Å². The van der Waals surface area contributed by atoms with Gasteiger partial charge in [-0.15, -0.1) is 11.3 Å². The standard InChI is InChI=1S/C22H23BrN2O3S/c1-27-20-10-5-16(14-21(20)28-2)11-12-25(15-19-4-3-13-29-19)22(26)24-18-8-6-17(23)7-9-18/h3-10,13-14H,11-12,15H2,1-2H3,(H,24,26). The fraction of sp³-hybridized carbons (Fsp3) is 0.227. The molecule has 0 radical (unpaired) electrons. The van der Waals surface area contributed by atoms with E-state index in [9.17, 15) is 4.79 Å². The Labute approximate surface area is 183 Å². The first-order valence-electron chi connectivity index (χ1n) is 9.14. The molecular weight excluding hydrogens is 452 g/mol. The Morgan fingerprint density at radius 2 is 1.83 bits per heavy atom. The first-order chi connectivity index (χ1) is 14.1. The molecule has 0 fully saturated rings. The first kappa shape index (κ1) is 21.2. The number of thiophene rings is 1. The lowest BCUT2D eigenvalue weighted by molar-refractivity contribution is 0.210. The highest BCUT2D eigenvalue weighted by atomic mass is 79.9. The summed E-state index contributed by atoms with van der Waals surface area (Å²) in [5, 5.41) is 5.01. The predicted molar refractivity (Wildman–Crippen MR) is 121 cm³/mol. The van der Waals surface area contributed by atoms with Gasteiger partial charge in [-0.2, -0.15) is 0 Å². The highest BCUT2D eigenvalue weighted by Gasteiger charge is 2.16. The van der Waals surface area contributed by atoms with Crippen LogP contribution in [0.1, 0.15) is 10.4 Å². The third-order valence-electron chi connectivity index (χ3n) is 4.43. The van der Waals surface area contributed by atoms with Crippen LogP contribution in [0.3, 0.4) is 0 Å². The van der Waals surface area contributed by atoms with Crippen molar-refractivity contribution in [2.75, 3.05) is 26.1 Å². The van der Waals surface area contributed by atoms with E-state index in [1.54, 1.807) is 25.6 Å². The quantitative estimate of drug-likeness (QED) is 0.448. The molecule has 1 aromatic heterocycles. The zero-order valence-corrected chi connectivity index (χ0v) is 18.8. The molecule has 2 amide bonds. The minimum absolute atomic E-state index is 0.124. The van der Waals surface area contributed by atoms with E-state index in [0.29, 0.717) is 31.0 Å². The van der Waals surface area contributed by atoms with Crippen molar-refractivity contribution in [2.45, 2.75) is 13.0 Å². The van der Waals surface area contributed by atoms with Gasteiger partial charge in [0, 0.05) is 21.6 Å². The minimum atomic E-state index is -0.124. The molecule has 0 aliphatic carbocycles. The van der Waals surface area contributed by atoms with Crippen molar-refractivity contribution >= 4 is 39.0 Å². The fourth-order valence-electron chi connectivity index (χ4n) is 2.88. The van der Waals surface area contributed by atoms with Crippen LogP contribution in [0.15, 0.2) is 64.5 Å². The highest BCUT2D eigenvalue weighted by Crippen LogP contribution is 2.28. The molecule has 152 valence electrons. The lowest BCUT2D eigenvalue weighted by Gasteiger charge is -2.23. The molecule has 0 atom stereocenters. The van der Waals surface area contributed by atoms with Crippen molar-refractivity contribution in [1.29, 1.82) is 0 Å². The minimum Gasteiger partial charge on any atom is -0.493 e. The van der Waals surface area contributed by atoms with Gasteiger partial charge in [-0.05, 0) is 59.8 Å². The van der Waals surface area contributed by atoms with Gasteiger partial charge < -0.3 is 19.7 Å². The van der Waals surface area contributed by atoms with Gasteiger partial charge in [-0.3, -0.25) is 0 Å². The van der Waals surface area contributed by atoms with E-state index >= 15 is 0 Å². The Kier molecular flexibility index (Phi) is 7.55. The summed E-state index contributed by atoms with van der Waals surface area (Å²) in [6, 6.07) is 17.3. The van der Waals surface area contributed by atoms with Crippen LogP contribution in [0, 0.1) is 0 Å². The van der Waals surface area contributed by atoms with Crippen LogP contribution in [-0.4, -0.2) is 31.7 Å². The molecule has 2 aromatic carbocycles. The topological polar surface area (TPSA) is 50.8 Å². The number of ether oxygens (including phenoxy) is 2. The molecule has 3 aromatic rings. The predicted octanol–water partition coefficient (Wildman–Crippen LogP) is 5.80. The summed E-state index contributed by atoms with van der Waals surface area (Å²) in [7, 11) is 3.24. The number of anilines is 1. The molecule has 5 nitrogen and oxygen atoms in total. The van der Waals surface area contributed by atoms with E-state index < -0.39 is 0 Å². The highest BCUT2D eigenvalue weighted by molar-refractivity contribution is 9.10. The van der Waals surface area contributed by atoms with Crippen molar-refractivity contribution < 1.29 is 14.3 Å². The Morgan fingerprint density at radius 3 is 2.48 bits per heavy atom. The molecule has 1 N–H and O–H groups in total. The Morgan fingerprint density at radius 1 is 1.07 bits per heavy atom. The Hall–Kier alpha value is -2.51. The molecule has 0 spiro atoms. The van der Waals surface area contributed by atoms with Crippen molar-refractivity contribution in [3.8, 4) is 11.5 Å². The number of halogens is 1. The average Bonchev–Trinajstić information content (AvgIpc) is 3.25. The van der Waals surface area contributed by atoms with E-state index in [4.69, 9.17) is 9.47 Å². The first-order valence-corrected chi connectivity index (χ1v) is 10.8. The lowest BCUT2D eigenvalue weighted by atomic mass is 10.1. The van der Waals surface area contributed by atoms with Crippen LogP contribution in [0.5, 0.6) is 11.5 Å². The normalized spacial score (nSPS) is 10.4. The molecule has 0 saturated heterocycles. The largest absolute Gasteiger partial charge is 0.493 e. The van der Waals surface area contributed by atoms with Gasteiger partial charge in [-0.1, -0.05) is 28.1 Å². The molecule has 1 heterocycles. The van der Waals surface area contributed by atoms with Crippen molar-refractivity contribution in [3.05, 3.63) is 74.9 Å². The van der Waals surface area contributed by atoms with E-state index in [1.807, 2.05) is 64.9 Å². The fourth-order valence-corrected chi connectivity index (χ4v) is 3.86. The molecular formula is C22H23BrN2O3S. The number of methoxy groups -OCH3 is 2. The molecule has 3 rings (SSSR count). The number of hydrogen-bond donors (Lipinski definition) is 1. The van der Waals surface area contributed by atoms with Crippen LogP contribution in [0.25, 0.3) is 0 Å².